The summed E-state index contributed by atoms with van der Waals surface area (Å²) in [6.07, 6.45) is 3.72. The molecule has 0 bridgehead atoms. The lowest BCUT2D eigenvalue weighted by molar-refractivity contribution is 0.0856. The van der Waals surface area contributed by atoms with Crippen LogP contribution in [0.5, 0.6) is 0 Å². The van der Waals surface area contributed by atoms with E-state index < -0.39 is 0 Å². The maximum Gasteiger partial charge on any atom is 0.255 e. The minimum atomic E-state index is -0.0388. The lowest BCUT2D eigenvalue weighted by Gasteiger charge is -2.12. The minimum Gasteiger partial charge on any atom is -0.376 e. The summed E-state index contributed by atoms with van der Waals surface area (Å²) in [5, 5.41) is 7.79. The van der Waals surface area contributed by atoms with Gasteiger partial charge in [0.05, 0.1) is 28.7 Å². The van der Waals surface area contributed by atoms with Gasteiger partial charge in [-0.15, -0.1) is 0 Å². The molecule has 5 nitrogen and oxygen atoms in total. The van der Waals surface area contributed by atoms with Gasteiger partial charge in [0.25, 0.3) is 5.91 Å². The molecule has 0 aliphatic carbocycles. The lowest BCUT2D eigenvalue weighted by atomic mass is 10.1. The molecule has 0 unspecified atom stereocenters. The van der Waals surface area contributed by atoms with E-state index in [2.05, 4.69) is 31.3 Å². The van der Waals surface area contributed by atoms with Crippen LogP contribution in [0.25, 0.3) is 5.69 Å². The molecule has 1 atom stereocenters. The third-order valence-electron chi connectivity index (χ3n) is 4.71. The number of carbonyl (C=O) groups is 1. The van der Waals surface area contributed by atoms with E-state index in [-0.39, 0.29) is 12.0 Å². The molecule has 25 heavy (non-hydrogen) atoms. The Labute approximate surface area is 149 Å². The Hall–Kier alpha value is -2.14. The van der Waals surface area contributed by atoms with Crippen molar-refractivity contribution in [3.8, 4) is 5.69 Å². The fourth-order valence-electron chi connectivity index (χ4n) is 3.41. The first-order chi connectivity index (χ1) is 12.1. The van der Waals surface area contributed by atoms with Crippen molar-refractivity contribution in [3.63, 3.8) is 0 Å². The Kier molecular flexibility index (Phi) is 5.53. The molecule has 1 aromatic heterocycles. The highest BCUT2D eigenvalue weighted by Crippen LogP contribution is 2.21. The molecular weight excluding hydrogens is 314 g/mol. The third kappa shape index (κ3) is 3.76. The molecule has 134 valence electrons. The second-order valence-corrected chi connectivity index (χ2v) is 6.57. The molecule has 0 radical (unpaired) electrons. The second-order valence-electron chi connectivity index (χ2n) is 6.57. The summed E-state index contributed by atoms with van der Waals surface area (Å²) < 4.78 is 7.53. The van der Waals surface area contributed by atoms with E-state index in [0.29, 0.717) is 6.54 Å². The molecule has 1 N–H and O–H groups in total. The molecule has 3 rings (SSSR count). The smallest absolute Gasteiger partial charge is 0.255 e. The molecule has 1 aliphatic rings. The number of carbonyl (C=O) groups excluding carboxylic acids is 1. The molecular formula is C20H27N3O2. The summed E-state index contributed by atoms with van der Waals surface area (Å²) in [6.45, 7) is 7.54. The van der Waals surface area contributed by atoms with Crippen molar-refractivity contribution in [3.05, 3.63) is 46.8 Å². The zero-order valence-electron chi connectivity index (χ0n) is 15.3. The van der Waals surface area contributed by atoms with Crippen molar-refractivity contribution in [2.45, 2.75) is 52.6 Å². The van der Waals surface area contributed by atoms with Crippen LogP contribution in [-0.4, -0.2) is 34.9 Å². The lowest BCUT2D eigenvalue weighted by Crippen LogP contribution is -2.32. The van der Waals surface area contributed by atoms with Crippen molar-refractivity contribution >= 4 is 5.91 Å². The van der Waals surface area contributed by atoms with E-state index in [9.17, 15) is 4.79 Å². The van der Waals surface area contributed by atoms with Crippen LogP contribution in [0.2, 0.25) is 0 Å². The van der Waals surface area contributed by atoms with E-state index in [4.69, 9.17) is 9.84 Å². The van der Waals surface area contributed by atoms with Crippen LogP contribution in [0, 0.1) is 6.92 Å². The fraction of sp³-hybridized carbons (Fsp3) is 0.500. The molecule has 1 saturated heterocycles. The number of nitrogens with zero attached hydrogens (tertiary/aromatic N) is 2. The van der Waals surface area contributed by atoms with Crippen molar-refractivity contribution in [2.24, 2.45) is 0 Å². The minimum absolute atomic E-state index is 0.0388. The van der Waals surface area contributed by atoms with E-state index >= 15 is 0 Å². The highest BCUT2D eigenvalue weighted by Gasteiger charge is 2.24. The average molecular weight is 341 g/mol. The van der Waals surface area contributed by atoms with Gasteiger partial charge in [-0.25, -0.2) is 4.68 Å². The Morgan fingerprint density at radius 2 is 2.20 bits per heavy atom. The van der Waals surface area contributed by atoms with Gasteiger partial charge in [0.1, 0.15) is 0 Å². The summed E-state index contributed by atoms with van der Waals surface area (Å²) in [4.78, 5) is 12.9. The van der Waals surface area contributed by atoms with E-state index in [1.165, 1.54) is 5.56 Å². The van der Waals surface area contributed by atoms with E-state index in [1.54, 1.807) is 0 Å². The number of benzene rings is 1. The first-order valence-corrected chi connectivity index (χ1v) is 9.21. The standard InChI is InChI=1S/C20H27N3O2/c1-4-17-19(20(24)21-13-16-10-7-11-25-16)18(5-2)23(22-17)15-9-6-8-14(3)12-15/h6,8-9,12,16H,4-5,7,10-11,13H2,1-3H3,(H,21,24)/t16-/m0/s1. The van der Waals surface area contributed by atoms with Crippen LogP contribution >= 0.6 is 0 Å². The summed E-state index contributed by atoms with van der Waals surface area (Å²) >= 11 is 0. The number of ether oxygens (including phenoxy) is 1. The predicted octanol–water partition coefficient (Wildman–Crippen LogP) is 3.21. The Morgan fingerprint density at radius 1 is 1.36 bits per heavy atom. The van der Waals surface area contributed by atoms with Crippen LogP contribution in [0.15, 0.2) is 24.3 Å². The van der Waals surface area contributed by atoms with Crippen molar-refractivity contribution in [1.29, 1.82) is 0 Å². The van der Waals surface area contributed by atoms with E-state index in [1.807, 2.05) is 23.7 Å². The van der Waals surface area contributed by atoms with Gasteiger partial charge >= 0.3 is 0 Å². The molecule has 2 heterocycles. The van der Waals surface area contributed by atoms with Gasteiger partial charge in [0.15, 0.2) is 0 Å². The van der Waals surface area contributed by atoms with Gasteiger partial charge in [-0.05, 0) is 50.3 Å². The Bertz CT molecular complexity index is 745. The summed E-state index contributed by atoms with van der Waals surface area (Å²) in [5.74, 6) is -0.0388. The Balaban J connectivity index is 1.90. The van der Waals surface area contributed by atoms with E-state index in [0.717, 1.165) is 54.9 Å². The van der Waals surface area contributed by atoms with Crippen molar-refractivity contribution in [1.82, 2.24) is 15.1 Å². The molecule has 5 heteroatoms. The Morgan fingerprint density at radius 3 is 2.84 bits per heavy atom. The summed E-state index contributed by atoms with van der Waals surface area (Å²) in [5.41, 5.74) is 4.72. The second kappa shape index (κ2) is 7.83. The normalized spacial score (nSPS) is 17.0. The van der Waals surface area contributed by atoms with Crippen LogP contribution < -0.4 is 5.32 Å². The van der Waals surface area contributed by atoms with Gasteiger partial charge < -0.3 is 10.1 Å². The summed E-state index contributed by atoms with van der Waals surface area (Å²) in [7, 11) is 0. The van der Waals surface area contributed by atoms with Gasteiger partial charge in [0, 0.05) is 13.2 Å². The number of aromatic nitrogens is 2. The average Bonchev–Trinajstić information content (AvgIpc) is 3.26. The molecule has 1 fully saturated rings. The van der Waals surface area contributed by atoms with Gasteiger partial charge in [-0.1, -0.05) is 26.0 Å². The van der Waals surface area contributed by atoms with Gasteiger partial charge in [-0.2, -0.15) is 5.10 Å². The highest BCUT2D eigenvalue weighted by atomic mass is 16.5. The zero-order valence-corrected chi connectivity index (χ0v) is 15.3. The number of hydrogen-bond donors (Lipinski definition) is 1. The monoisotopic (exact) mass is 341 g/mol. The largest absolute Gasteiger partial charge is 0.376 e. The predicted molar refractivity (Wildman–Crippen MR) is 98.4 cm³/mol. The van der Waals surface area contributed by atoms with Crippen molar-refractivity contribution < 1.29 is 9.53 Å². The quantitative estimate of drug-likeness (QED) is 0.878. The first kappa shape index (κ1) is 17.7. The highest BCUT2D eigenvalue weighted by molar-refractivity contribution is 5.96. The topological polar surface area (TPSA) is 56.2 Å². The maximum absolute atomic E-state index is 12.9. The molecule has 0 spiro atoms. The molecule has 1 amide bonds. The first-order valence-electron chi connectivity index (χ1n) is 9.21. The number of rotatable bonds is 6. The molecule has 0 saturated carbocycles. The summed E-state index contributed by atoms with van der Waals surface area (Å²) in [6, 6.07) is 8.22. The van der Waals surface area contributed by atoms with Crippen LogP contribution in [0.1, 0.15) is 54.0 Å². The van der Waals surface area contributed by atoms with Gasteiger partial charge in [0.2, 0.25) is 0 Å². The molecule has 2 aromatic rings. The number of nitrogens with one attached hydrogen (secondary N) is 1. The van der Waals surface area contributed by atoms with Crippen LogP contribution in [0.4, 0.5) is 0 Å². The van der Waals surface area contributed by atoms with Crippen LogP contribution in [0.3, 0.4) is 0 Å². The maximum atomic E-state index is 12.9. The van der Waals surface area contributed by atoms with Gasteiger partial charge in [-0.3, -0.25) is 4.79 Å². The molecule has 1 aliphatic heterocycles. The van der Waals surface area contributed by atoms with Crippen LogP contribution in [-0.2, 0) is 17.6 Å². The van der Waals surface area contributed by atoms with Crippen molar-refractivity contribution in [2.75, 3.05) is 13.2 Å². The third-order valence-corrected chi connectivity index (χ3v) is 4.71. The number of amides is 1. The molecule has 1 aromatic carbocycles. The fourth-order valence-corrected chi connectivity index (χ4v) is 3.41. The number of hydrogen-bond acceptors (Lipinski definition) is 3. The zero-order chi connectivity index (χ0) is 17.8. The number of aryl methyl sites for hydroxylation is 2. The SMILES string of the molecule is CCc1nn(-c2cccc(C)c2)c(CC)c1C(=O)NC[C@@H]1CCCO1.